The van der Waals surface area contributed by atoms with Gasteiger partial charge in [-0.25, -0.2) is 4.99 Å². The molecular formula is C32H33ClN2O3S. The van der Waals surface area contributed by atoms with Crippen molar-refractivity contribution in [3.63, 3.8) is 0 Å². The van der Waals surface area contributed by atoms with Crippen LogP contribution in [0, 0.1) is 5.92 Å². The average molecular weight is 561 g/mol. The lowest BCUT2D eigenvalue weighted by Crippen LogP contribution is -2.44. The van der Waals surface area contributed by atoms with Crippen LogP contribution in [0.2, 0.25) is 5.02 Å². The summed E-state index contributed by atoms with van der Waals surface area (Å²) >= 11 is 7.45. The Labute approximate surface area is 239 Å². The van der Waals surface area contributed by atoms with Gasteiger partial charge in [-0.15, -0.1) is 0 Å². The molecule has 2 atom stereocenters. The van der Waals surface area contributed by atoms with Crippen molar-refractivity contribution in [3.8, 4) is 11.5 Å². The first-order chi connectivity index (χ1) is 19.0. The summed E-state index contributed by atoms with van der Waals surface area (Å²) in [6.07, 6.45) is 6.42. The van der Waals surface area contributed by atoms with Gasteiger partial charge >= 0.3 is 0 Å². The van der Waals surface area contributed by atoms with Crippen LogP contribution in [0.1, 0.15) is 50.7 Å². The Kier molecular flexibility index (Phi) is 8.95. The number of hydrogen-bond acceptors (Lipinski definition) is 5. The van der Waals surface area contributed by atoms with Gasteiger partial charge in [0.05, 0.1) is 17.2 Å². The van der Waals surface area contributed by atoms with E-state index in [4.69, 9.17) is 26.1 Å². The lowest BCUT2D eigenvalue weighted by atomic mass is 9.85. The van der Waals surface area contributed by atoms with Crippen LogP contribution in [0.25, 0.3) is 6.08 Å². The highest BCUT2D eigenvalue weighted by Gasteiger charge is 2.41. The summed E-state index contributed by atoms with van der Waals surface area (Å²) < 4.78 is 12.0. The number of amidine groups is 1. The van der Waals surface area contributed by atoms with Gasteiger partial charge in [-0.3, -0.25) is 9.69 Å². The van der Waals surface area contributed by atoms with Gasteiger partial charge in [0.2, 0.25) is 0 Å². The molecule has 0 radical (unpaired) electrons. The molecular weight excluding hydrogens is 528 g/mol. The zero-order valence-electron chi connectivity index (χ0n) is 22.3. The van der Waals surface area contributed by atoms with Crippen molar-refractivity contribution >= 4 is 46.2 Å². The lowest BCUT2D eigenvalue weighted by molar-refractivity contribution is -0.124. The van der Waals surface area contributed by atoms with Crippen molar-refractivity contribution in [1.29, 1.82) is 0 Å². The fourth-order valence-electron chi connectivity index (χ4n) is 5.05. The molecule has 1 aliphatic heterocycles. The van der Waals surface area contributed by atoms with E-state index in [1.807, 2.05) is 90.7 Å². The van der Waals surface area contributed by atoms with E-state index < -0.39 is 0 Å². The minimum Gasteiger partial charge on any atom is -0.490 e. The van der Waals surface area contributed by atoms with Crippen molar-refractivity contribution < 1.29 is 14.3 Å². The van der Waals surface area contributed by atoms with E-state index in [0.717, 1.165) is 41.2 Å². The van der Waals surface area contributed by atoms with E-state index in [0.29, 0.717) is 40.6 Å². The molecule has 39 heavy (non-hydrogen) atoms. The van der Waals surface area contributed by atoms with E-state index in [-0.39, 0.29) is 11.9 Å². The predicted octanol–water partition coefficient (Wildman–Crippen LogP) is 8.50. The molecule has 1 saturated heterocycles. The molecule has 2 fully saturated rings. The number of rotatable bonds is 8. The van der Waals surface area contributed by atoms with E-state index in [9.17, 15) is 4.79 Å². The highest BCUT2D eigenvalue weighted by molar-refractivity contribution is 8.18. The molecule has 202 valence electrons. The normalized spacial score (nSPS) is 21.5. The summed E-state index contributed by atoms with van der Waals surface area (Å²) in [6, 6.07) is 23.4. The molecule has 2 aliphatic rings. The van der Waals surface area contributed by atoms with Crippen LogP contribution in [0.3, 0.4) is 0 Å². The fraction of sp³-hybridized carbons (Fsp3) is 0.312. The van der Waals surface area contributed by atoms with Crippen LogP contribution < -0.4 is 9.47 Å². The Hall–Kier alpha value is -3.22. The molecule has 0 aromatic heterocycles. The van der Waals surface area contributed by atoms with E-state index in [1.165, 1.54) is 18.2 Å². The second kappa shape index (κ2) is 12.8. The molecule has 5 nitrogen and oxygen atoms in total. The number of carbonyl (C=O) groups is 1. The number of para-hydroxylation sites is 1. The highest BCUT2D eigenvalue weighted by atomic mass is 35.5. The molecule has 1 saturated carbocycles. The molecule has 1 amide bonds. The highest BCUT2D eigenvalue weighted by Crippen LogP contribution is 2.40. The Morgan fingerprint density at radius 3 is 2.51 bits per heavy atom. The molecule has 5 rings (SSSR count). The standard InChI is InChI=1S/C32H33ClN2O3S/c1-3-37-29-19-24(15-18-28(29)38-21-23-13-16-25(33)17-14-23)20-30-31(36)35(27-12-8-7-9-22(27)2)32(39-30)34-26-10-5-4-6-11-26/h4-6,10-11,13-20,22,27H,3,7-9,12,21H2,1-2H3/b30-20-,34-32?/t22-,27-/m0/s1. The summed E-state index contributed by atoms with van der Waals surface area (Å²) in [6.45, 7) is 5.10. The van der Waals surface area contributed by atoms with Crippen LogP contribution in [-0.4, -0.2) is 28.6 Å². The number of ether oxygens (including phenoxy) is 2. The molecule has 0 bridgehead atoms. The summed E-state index contributed by atoms with van der Waals surface area (Å²) in [4.78, 5) is 21.3. The van der Waals surface area contributed by atoms with Gasteiger partial charge < -0.3 is 9.47 Å². The van der Waals surface area contributed by atoms with Gasteiger partial charge in [0.25, 0.3) is 5.91 Å². The minimum absolute atomic E-state index is 0.0226. The molecule has 1 heterocycles. The fourth-order valence-corrected chi connectivity index (χ4v) is 6.22. The smallest absolute Gasteiger partial charge is 0.267 e. The monoisotopic (exact) mass is 560 g/mol. The Bertz CT molecular complexity index is 1360. The average Bonchev–Trinajstić information content (AvgIpc) is 3.24. The molecule has 0 N–H and O–H groups in total. The largest absolute Gasteiger partial charge is 0.490 e. The maximum absolute atomic E-state index is 13.8. The third-order valence-electron chi connectivity index (χ3n) is 7.09. The van der Waals surface area contributed by atoms with Gasteiger partial charge in [-0.1, -0.05) is 67.8 Å². The number of nitrogens with zero attached hydrogens (tertiary/aromatic N) is 2. The molecule has 3 aromatic rings. The molecule has 3 aromatic carbocycles. The number of hydrogen-bond donors (Lipinski definition) is 0. The second-order valence-corrected chi connectivity index (χ2v) is 11.3. The lowest BCUT2D eigenvalue weighted by Gasteiger charge is -2.35. The number of carbonyl (C=O) groups excluding carboxylic acids is 1. The zero-order valence-corrected chi connectivity index (χ0v) is 23.9. The van der Waals surface area contributed by atoms with E-state index in [2.05, 4.69) is 6.92 Å². The van der Waals surface area contributed by atoms with Crippen LogP contribution in [0.5, 0.6) is 11.5 Å². The van der Waals surface area contributed by atoms with Gasteiger partial charge in [0, 0.05) is 11.1 Å². The minimum atomic E-state index is 0.0226. The predicted molar refractivity (Wildman–Crippen MR) is 161 cm³/mol. The van der Waals surface area contributed by atoms with Gasteiger partial charge in [0.15, 0.2) is 16.7 Å². The number of benzene rings is 3. The molecule has 0 spiro atoms. The van der Waals surface area contributed by atoms with E-state index >= 15 is 0 Å². The maximum atomic E-state index is 13.8. The van der Waals surface area contributed by atoms with E-state index in [1.54, 1.807) is 0 Å². The maximum Gasteiger partial charge on any atom is 0.267 e. The van der Waals surface area contributed by atoms with Crippen molar-refractivity contribution in [2.75, 3.05) is 6.61 Å². The number of halogens is 1. The molecule has 1 aliphatic carbocycles. The summed E-state index contributed by atoms with van der Waals surface area (Å²) in [5, 5.41) is 1.45. The zero-order chi connectivity index (χ0) is 27.2. The summed E-state index contributed by atoms with van der Waals surface area (Å²) in [7, 11) is 0. The van der Waals surface area contributed by atoms with Crippen molar-refractivity contribution in [2.24, 2.45) is 10.9 Å². The second-order valence-electron chi connectivity index (χ2n) is 9.90. The van der Waals surface area contributed by atoms with Crippen LogP contribution in [-0.2, 0) is 11.4 Å². The number of amides is 1. The van der Waals surface area contributed by atoms with Gasteiger partial charge in [0.1, 0.15) is 6.61 Å². The quantitative estimate of drug-likeness (QED) is 0.259. The first-order valence-corrected chi connectivity index (χ1v) is 14.7. The third kappa shape index (κ3) is 6.68. The van der Waals surface area contributed by atoms with Gasteiger partial charge in [-0.2, -0.15) is 0 Å². The van der Waals surface area contributed by atoms with Crippen molar-refractivity contribution in [2.45, 2.75) is 52.2 Å². The molecule has 7 heteroatoms. The number of thioether (sulfide) groups is 1. The van der Waals surface area contributed by atoms with Crippen LogP contribution in [0.4, 0.5) is 5.69 Å². The third-order valence-corrected chi connectivity index (χ3v) is 8.32. The van der Waals surface area contributed by atoms with Crippen molar-refractivity contribution in [1.82, 2.24) is 4.90 Å². The Morgan fingerprint density at radius 2 is 1.77 bits per heavy atom. The Morgan fingerprint density at radius 1 is 1.00 bits per heavy atom. The van der Waals surface area contributed by atoms with Gasteiger partial charge in [-0.05, 0) is 91.0 Å². The number of aliphatic imine (C=N–C) groups is 1. The van der Waals surface area contributed by atoms with Crippen LogP contribution in [0.15, 0.2) is 82.7 Å². The first kappa shape index (κ1) is 27.4. The summed E-state index contributed by atoms with van der Waals surface area (Å²) in [5.74, 6) is 1.76. The molecule has 0 unspecified atom stereocenters. The van der Waals surface area contributed by atoms with Crippen LogP contribution >= 0.6 is 23.4 Å². The Balaban J connectivity index is 1.42. The van der Waals surface area contributed by atoms with Crippen molar-refractivity contribution in [3.05, 3.63) is 93.9 Å². The first-order valence-electron chi connectivity index (χ1n) is 13.5. The topological polar surface area (TPSA) is 51.1 Å². The summed E-state index contributed by atoms with van der Waals surface area (Å²) in [5.41, 5.74) is 2.75. The SMILES string of the molecule is CCOc1cc(/C=C2\SC(=Nc3ccccc3)N([C@H]3CCCC[C@@H]3C)C2=O)ccc1OCc1ccc(Cl)cc1.